The summed E-state index contributed by atoms with van der Waals surface area (Å²) in [5, 5.41) is 0. The minimum Gasteiger partial charge on any atom is -0.463 e. The molecule has 0 aliphatic rings. The van der Waals surface area contributed by atoms with Crippen molar-refractivity contribution in [3.05, 3.63) is 25.3 Å². The molecule has 3 heteroatoms. The van der Waals surface area contributed by atoms with Gasteiger partial charge in [-0.3, -0.25) is 9.69 Å². The van der Waals surface area contributed by atoms with E-state index in [1.807, 2.05) is 26.0 Å². The van der Waals surface area contributed by atoms with Crippen molar-refractivity contribution in [1.29, 1.82) is 0 Å². The van der Waals surface area contributed by atoms with E-state index in [0.29, 0.717) is 12.3 Å². The molecule has 0 aromatic heterocycles. The first-order valence-electron chi connectivity index (χ1n) is 7.65. The molecule has 1 unspecified atom stereocenters. The minimum atomic E-state index is -0.116. The second-order valence-corrected chi connectivity index (χ2v) is 5.42. The van der Waals surface area contributed by atoms with E-state index in [1.165, 1.54) is 0 Å². The van der Waals surface area contributed by atoms with Crippen LogP contribution in [0.25, 0.3) is 0 Å². The number of carbonyl (C=O) groups is 1. The molecule has 0 radical (unpaired) electrons. The zero-order chi connectivity index (χ0) is 15.5. The summed E-state index contributed by atoms with van der Waals surface area (Å²) in [6.45, 7) is 17.3. The van der Waals surface area contributed by atoms with Crippen LogP contribution in [0.1, 0.15) is 47.0 Å². The molecule has 0 bridgehead atoms. The highest BCUT2D eigenvalue weighted by Gasteiger charge is 2.27. The van der Waals surface area contributed by atoms with E-state index >= 15 is 0 Å². The molecule has 116 valence electrons. The van der Waals surface area contributed by atoms with Gasteiger partial charge in [0.1, 0.15) is 0 Å². The Balaban J connectivity index is 4.97. The van der Waals surface area contributed by atoms with Crippen LogP contribution in [0.15, 0.2) is 25.3 Å². The van der Waals surface area contributed by atoms with E-state index < -0.39 is 0 Å². The molecular formula is C17H31NO2. The third kappa shape index (κ3) is 6.90. The second kappa shape index (κ2) is 10.7. The molecule has 0 aromatic carbocycles. The Bertz CT molecular complexity index is 285. The molecule has 0 aliphatic carbocycles. The predicted octanol–water partition coefficient (Wildman–Crippen LogP) is 3.81. The van der Waals surface area contributed by atoms with E-state index in [2.05, 4.69) is 31.9 Å². The van der Waals surface area contributed by atoms with Crippen molar-refractivity contribution in [2.24, 2.45) is 5.92 Å². The van der Waals surface area contributed by atoms with Crippen LogP contribution in [0, 0.1) is 5.92 Å². The maximum atomic E-state index is 12.0. The topological polar surface area (TPSA) is 29.5 Å². The van der Waals surface area contributed by atoms with Crippen molar-refractivity contribution in [1.82, 2.24) is 4.90 Å². The Morgan fingerprint density at radius 1 is 1.15 bits per heavy atom. The van der Waals surface area contributed by atoms with E-state index in [9.17, 15) is 4.79 Å². The molecule has 0 fully saturated rings. The van der Waals surface area contributed by atoms with Gasteiger partial charge in [-0.2, -0.15) is 0 Å². The van der Waals surface area contributed by atoms with Gasteiger partial charge in [0.2, 0.25) is 0 Å². The fraction of sp³-hybridized carbons (Fsp3) is 0.706. The van der Waals surface area contributed by atoms with E-state index in [1.54, 1.807) is 0 Å². The Morgan fingerprint density at radius 3 is 2.00 bits per heavy atom. The lowest BCUT2D eigenvalue weighted by Crippen LogP contribution is -2.42. The van der Waals surface area contributed by atoms with Gasteiger partial charge < -0.3 is 4.74 Å². The molecule has 1 atom stereocenters. The first-order valence-corrected chi connectivity index (χ1v) is 7.65. The van der Waals surface area contributed by atoms with Crippen LogP contribution in [-0.4, -0.2) is 36.1 Å². The normalized spacial score (nSPS) is 12.8. The Kier molecular flexibility index (Phi) is 10.1. The quantitative estimate of drug-likeness (QED) is 0.426. The van der Waals surface area contributed by atoms with Crippen molar-refractivity contribution in [3.8, 4) is 0 Å². The summed E-state index contributed by atoms with van der Waals surface area (Å²) in [5.41, 5.74) is 0. The van der Waals surface area contributed by atoms with Crippen LogP contribution in [-0.2, 0) is 9.53 Å². The summed E-state index contributed by atoms with van der Waals surface area (Å²) in [4.78, 5) is 14.3. The fourth-order valence-electron chi connectivity index (χ4n) is 2.59. The van der Waals surface area contributed by atoms with Gasteiger partial charge in [-0.1, -0.05) is 38.8 Å². The molecule has 0 saturated carbocycles. The summed E-state index contributed by atoms with van der Waals surface area (Å²) in [5.74, 6) is 0.365. The van der Waals surface area contributed by atoms with Crippen molar-refractivity contribution in [3.63, 3.8) is 0 Å². The highest BCUT2D eigenvalue weighted by molar-refractivity contribution is 5.70. The van der Waals surface area contributed by atoms with Gasteiger partial charge in [0.05, 0.1) is 12.5 Å². The standard InChI is InChI=1S/C17H31NO2/c1-7-11-18(12-8-2)16(15(9-3)10-4)13-17(19)20-14(5)6/h7-8,14-16H,1-2,9-13H2,3-6H3. The molecular weight excluding hydrogens is 250 g/mol. The van der Waals surface area contributed by atoms with Gasteiger partial charge in [0.25, 0.3) is 0 Å². The van der Waals surface area contributed by atoms with Crippen molar-refractivity contribution in [2.75, 3.05) is 13.1 Å². The molecule has 0 heterocycles. The summed E-state index contributed by atoms with van der Waals surface area (Å²) in [7, 11) is 0. The van der Waals surface area contributed by atoms with E-state index in [4.69, 9.17) is 4.74 Å². The minimum absolute atomic E-state index is 0.0582. The molecule has 0 amide bonds. The van der Waals surface area contributed by atoms with Crippen LogP contribution in [0.5, 0.6) is 0 Å². The monoisotopic (exact) mass is 281 g/mol. The number of carbonyl (C=O) groups excluding carboxylic acids is 1. The molecule has 0 aromatic rings. The molecule has 0 saturated heterocycles. The fourth-order valence-corrected chi connectivity index (χ4v) is 2.59. The summed E-state index contributed by atoms with van der Waals surface area (Å²) in [6.07, 6.45) is 6.25. The SMILES string of the molecule is C=CCN(CC=C)C(CC(=O)OC(C)C)C(CC)CC. The molecule has 0 aliphatic heterocycles. The van der Waals surface area contributed by atoms with Gasteiger partial charge in [-0.15, -0.1) is 13.2 Å². The molecule has 3 nitrogen and oxygen atoms in total. The Morgan fingerprint density at radius 2 is 1.65 bits per heavy atom. The molecule has 0 spiro atoms. The predicted molar refractivity (Wildman–Crippen MR) is 85.7 cm³/mol. The highest BCUT2D eigenvalue weighted by Crippen LogP contribution is 2.22. The lowest BCUT2D eigenvalue weighted by molar-refractivity contribution is -0.149. The first-order chi connectivity index (χ1) is 9.49. The van der Waals surface area contributed by atoms with Gasteiger partial charge >= 0.3 is 5.97 Å². The van der Waals surface area contributed by atoms with Gasteiger partial charge in [-0.05, 0) is 19.8 Å². The average molecular weight is 281 g/mol. The number of hydrogen-bond donors (Lipinski definition) is 0. The van der Waals surface area contributed by atoms with Gasteiger partial charge in [0, 0.05) is 19.1 Å². The summed E-state index contributed by atoms with van der Waals surface area (Å²) in [6, 6.07) is 0.187. The van der Waals surface area contributed by atoms with E-state index in [0.717, 1.165) is 25.9 Å². The highest BCUT2D eigenvalue weighted by atomic mass is 16.5. The van der Waals surface area contributed by atoms with Gasteiger partial charge in [0.15, 0.2) is 0 Å². The molecule has 0 rings (SSSR count). The molecule has 0 N–H and O–H groups in total. The zero-order valence-electron chi connectivity index (χ0n) is 13.6. The first kappa shape index (κ1) is 18.9. The van der Waals surface area contributed by atoms with Crippen LogP contribution in [0.2, 0.25) is 0 Å². The third-order valence-electron chi connectivity index (χ3n) is 3.53. The van der Waals surface area contributed by atoms with Crippen molar-refractivity contribution >= 4 is 5.97 Å². The van der Waals surface area contributed by atoms with Crippen LogP contribution in [0.4, 0.5) is 0 Å². The lowest BCUT2D eigenvalue weighted by Gasteiger charge is -2.35. The maximum Gasteiger partial charge on any atom is 0.307 e. The Hall–Kier alpha value is -1.09. The maximum absolute atomic E-state index is 12.0. The molecule has 20 heavy (non-hydrogen) atoms. The largest absolute Gasteiger partial charge is 0.463 e. The number of hydrogen-bond acceptors (Lipinski definition) is 3. The van der Waals surface area contributed by atoms with Crippen LogP contribution in [0.3, 0.4) is 0 Å². The van der Waals surface area contributed by atoms with Crippen molar-refractivity contribution < 1.29 is 9.53 Å². The second-order valence-electron chi connectivity index (χ2n) is 5.42. The lowest BCUT2D eigenvalue weighted by atomic mass is 9.90. The van der Waals surface area contributed by atoms with Gasteiger partial charge in [-0.25, -0.2) is 0 Å². The summed E-state index contributed by atoms with van der Waals surface area (Å²) < 4.78 is 5.31. The number of nitrogens with zero attached hydrogens (tertiary/aromatic N) is 1. The van der Waals surface area contributed by atoms with Crippen LogP contribution >= 0.6 is 0 Å². The van der Waals surface area contributed by atoms with E-state index in [-0.39, 0.29) is 18.1 Å². The number of rotatable bonds is 11. The number of ether oxygens (including phenoxy) is 1. The zero-order valence-corrected chi connectivity index (χ0v) is 13.6. The Labute approximate surface area is 124 Å². The average Bonchev–Trinajstić information content (AvgIpc) is 2.37. The van der Waals surface area contributed by atoms with Crippen LogP contribution < -0.4 is 0 Å². The van der Waals surface area contributed by atoms with Crippen molar-refractivity contribution in [2.45, 2.75) is 59.1 Å². The number of esters is 1. The summed E-state index contributed by atoms with van der Waals surface area (Å²) >= 11 is 0. The smallest absolute Gasteiger partial charge is 0.307 e. The third-order valence-corrected chi connectivity index (χ3v) is 3.53.